The molecule has 0 spiro atoms. The number of carbonyl (C=O) groups is 2. The summed E-state index contributed by atoms with van der Waals surface area (Å²) in [6.07, 6.45) is 0. The summed E-state index contributed by atoms with van der Waals surface area (Å²) in [4.78, 5) is 37.1. The van der Waals surface area contributed by atoms with Crippen LogP contribution in [-0.4, -0.2) is 26.9 Å². The Kier molecular flexibility index (Phi) is 4.29. The number of thiophene rings is 1. The van der Waals surface area contributed by atoms with Gasteiger partial charge in [-0.15, -0.1) is 11.3 Å². The minimum Gasteiger partial charge on any atom is -0.477 e. The monoisotopic (exact) mass is 327 g/mol. The Balaban J connectivity index is 2.02. The predicted octanol–water partition coefficient (Wildman–Crippen LogP) is 2.05. The van der Waals surface area contributed by atoms with E-state index in [-0.39, 0.29) is 21.3 Å². The summed E-state index contributed by atoms with van der Waals surface area (Å²) in [6.45, 7) is 1.65. The number of thiazole rings is 1. The Morgan fingerprint density at radius 3 is 2.67 bits per heavy atom. The van der Waals surface area contributed by atoms with Crippen LogP contribution in [0.25, 0.3) is 0 Å². The Morgan fingerprint density at radius 2 is 2.14 bits per heavy atom. The van der Waals surface area contributed by atoms with Crippen LogP contribution in [-0.2, 0) is 6.54 Å². The van der Waals surface area contributed by atoms with Crippen molar-refractivity contribution in [1.82, 2.24) is 10.3 Å². The number of nitrogens with zero attached hydrogens (tertiary/aromatic N) is 2. The molecule has 0 saturated heterocycles. The highest BCUT2D eigenvalue weighted by Gasteiger charge is 2.17. The lowest BCUT2D eigenvalue weighted by atomic mass is 10.4. The van der Waals surface area contributed by atoms with Gasteiger partial charge in [0.2, 0.25) is 0 Å². The van der Waals surface area contributed by atoms with Gasteiger partial charge in [-0.2, -0.15) is 0 Å². The van der Waals surface area contributed by atoms with E-state index in [2.05, 4.69) is 10.3 Å². The number of carboxylic acids is 1. The van der Waals surface area contributed by atoms with Crippen LogP contribution >= 0.6 is 22.7 Å². The number of amides is 1. The van der Waals surface area contributed by atoms with E-state index in [4.69, 9.17) is 5.11 Å². The second kappa shape index (κ2) is 5.97. The van der Waals surface area contributed by atoms with Gasteiger partial charge in [-0.25, -0.2) is 9.78 Å². The first-order valence-electron chi connectivity index (χ1n) is 5.60. The molecule has 2 heterocycles. The molecule has 8 nitrogen and oxygen atoms in total. The number of carbonyl (C=O) groups excluding carboxylic acids is 1. The van der Waals surface area contributed by atoms with Crippen molar-refractivity contribution in [2.24, 2.45) is 0 Å². The molecule has 0 bridgehead atoms. The second-order valence-corrected chi connectivity index (χ2v) is 6.05. The van der Waals surface area contributed by atoms with E-state index in [0.29, 0.717) is 10.7 Å². The van der Waals surface area contributed by atoms with Gasteiger partial charge < -0.3 is 10.4 Å². The summed E-state index contributed by atoms with van der Waals surface area (Å²) in [5, 5.41) is 22.4. The zero-order valence-electron chi connectivity index (χ0n) is 10.7. The Hall–Kier alpha value is -2.33. The number of hydrogen-bond donors (Lipinski definition) is 2. The number of nitro groups is 1. The molecule has 0 fully saturated rings. The van der Waals surface area contributed by atoms with E-state index in [1.807, 2.05) is 0 Å². The van der Waals surface area contributed by atoms with Crippen molar-refractivity contribution in [3.63, 3.8) is 0 Å². The van der Waals surface area contributed by atoms with Crippen molar-refractivity contribution in [1.29, 1.82) is 0 Å². The highest BCUT2D eigenvalue weighted by Crippen LogP contribution is 2.24. The zero-order chi connectivity index (χ0) is 15.6. The van der Waals surface area contributed by atoms with Gasteiger partial charge >= 0.3 is 11.0 Å². The molecule has 2 N–H and O–H groups in total. The molecule has 0 radical (unpaired) electrons. The van der Waals surface area contributed by atoms with Crippen molar-refractivity contribution in [2.45, 2.75) is 13.5 Å². The highest BCUT2D eigenvalue weighted by atomic mass is 32.1. The smallest absolute Gasteiger partial charge is 0.347 e. The van der Waals surface area contributed by atoms with Gasteiger partial charge in [0, 0.05) is 6.07 Å². The normalized spacial score (nSPS) is 10.3. The second-order valence-electron chi connectivity index (χ2n) is 3.90. The van der Waals surface area contributed by atoms with Crippen LogP contribution in [0.15, 0.2) is 12.1 Å². The molecule has 10 heteroatoms. The quantitative estimate of drug-likeness (QED) is 0.640. The lowest BCUT2D eigenvalue weighted by molar-refractivity contribution is -0.380. The average molecular weight is 327 g/mol. The van der Waals surface area contributed by atoms with Gasteiger partial charge in [0.05, 0.1) is 22.0 Å². The summed E-state index contributed by atoms with van der Waals surface area (Å²) in [5.41, 5.74) is 0.392. The average Bonchev–Trinajstić information content (AvgIpc) is 3.02. The van der Waals surface area contributed by atoms with Gasteiger partial charge in [-0.05, 0) is 13.0 Å². The van der Waals surface area contributed by atoms with Crippen molar-refractivity contribution in [2.75, 3.05) is 0 Å². The molecule has 0 aromatic carbocycles. The van der Waals surface area contributed by atoms with Crippen LogP contribution in [0.3, 0.4) is 0 Å². The number of nitrogens with one attached hydrogen (secondary N) is 1. The molecule has 0 aliphatic rings. The van der Waals surface area contributed by atoms with Gasteiger partial charge in [0.15, 0.2) is 0 Å². The Bertz CT molecular complexity index is 721. The molecule has 110 valence electrons. The molecule has 0 atom stereocenters. The highest BCUT2D eigenvalue weighted by molar-refractivity contribution is 7.17. The maximum absolute atomic E-state index is 11.8. The first-order chi connectivity index (χ1) is 9.88. The molecule has 2 rings (SSSR count). The van der Waals surface area contributed by atoms with Crippen LogP contribution in [0.1, 0.15) is 30.0 Å². The van der Waals surface area contributed by atoms with Crippen molar-refractivity contribution >= 4 is 39.6 Å². The van der Waals surface area contributed by atoms with Crippen LogP contribution in [0.5, 0.6) is 0 Å². The Labute approximate surface area is 126 Å². The lowest BCUT2D eigenvalue weighted by Gasteiger charge is -1.99. The lowest BCUT2D eigenvalue weighted by Crippen LogP contribution is -2.21. The first kappa shape index (κ1) is 15.1. The molecular formula is C11H9N3O5S2. The largest absolute Gasteiger partial charge is 0.477 e. The summed E-state index contributed by atoms with van der Waals surface area (Å²) in [6, 6.07) is 2.63. The third kappa shape index (κ3) is 3.41. The molecular weight excluding hydrogens is 318 g/mol. The van der Waals surface area contributed by atoms with E-state index in [1.54, 1.807) is 6.92 Å². The fraction of sp³-hybridized carbons (Fsp3) is 0.182. The Morgan fingerprint density at radius 1 is 1.43 bits per heavy atom. The van der Waals surface area contributed by atoms with Crippen molar-refractivity contribution < 1.29 is 19.6 Å². The van der Waals surface area contributed by atoms with Crippen LogP contribution in [0.4, 0.5) is 5.00 Å². The topological polar surface area (TPSA) is 122 Å². The van der Waals surface area contributed by atoms with Gasteiger partial charge in [-0.1, -0.05) is 11.3 Å². The van der Waals surface area contributed by atoms with E-state index >= 15 is 0 Å². The van der Waals surface area contributed by atoms with Crippen molar-refractivity contribution in [3.8, 4) is 0 Å². The molecule has 2 aromatic heterocycles. The fourth-order valence-electron chi connectivity index (χ4n) is 1.52. The molecule has 0 aliphatic carbocycles. The third-order valence-electron chi connectivity index (χ3n) is 2.43. The fourth-order valence-corrected chi connectivity index (χ4v) is 3.10. The molecule has 0 aliphatic heterocycles. The summed E-state index contributed by atoms with van der Waals surface area (Å²) in [5.74, 6) is -1.52. The van der Waals surface area contributed by atoms with Crippen LogP contribution < -0.4 is 5.32 Å². The minimum atomic E-state index is -1.06. The van der Waals surface area contributed by atoms with Crippen LogP contribution in [0, 0.1) is 17.0 Å². The standard InChI is InChI=1S/C11H9N3O5S2/c1-5-9(11(16)17)21-7(13-5)4-12-10(15)6-2-3-8(20-6)14(18)19/h2-3H,4H2,1H3,(H,12,15)(H,16,17). The molecule has 21 heavy (non-hydrogen) atoms. The molecule has 0 unspecified atom stereocenters. The molecule has 0 saturated carbocycles. The van der Waals surface area contributed by atoms with E-state index in [1.165, 1.54) is 12.1 Å². The SMILES string of the molecule is Cc1nc(CNC(=O)c2ccc([N+](=O)[O-])s2)sc1C(=O)O. The minimum absolute atomic E-state index is 0.0727. The van der Waals surface area contributed by atoms with E-state index in [9.17, 15) is 19.7 Å². The van der Waals surface area contributed by atoms with Gasteiger partial charge in [0.1, 0.15) is 9.88 Å². The summed E-state index contributed by atoms with van der Waals surface area (Å²) in [7, 11) is 0. The zero-order valence-corrected chi connectivity index (χ0v) is 12.3. The van der Waals surface area contributed by atoms with E-state index in [0.717, 1.165) is 22.7 Å². The predicted molar refractivity (Wildman–Crippen MR) is 76.0 cm³/mol. The van der Waals surface area contributed by atoms with Crippen LogP contribution in [0.2, 0.25) is 0 Å². The number of hydrogen-bond acceptors (Lipinski definition) is 7. The number of carboxylic acid groups (broad SMARTS) is 1. The first-order valence-corrected chi connectivity index (χ1v) is 7.24. The third-order valence-corrected chi connectivity index (χ3v) is 4.61. The van der Waals surface area contributed by atoms with Crippen molar-refractivity contribution in [3.05, 3.63) is 42.7 Å². The summed E-state index contributed by atoms with van der Waals surface area (Å²) < 4.78 is 0. The number of aryl methyl sites for hydroxylation is 1. The van der Waals surface area contributed by atoms with Gasteiger partial charge in [-0.3, -0.25) is 14.9 Å². The summed E-state index contributed by atoms with van der Waals surface area (Å²) >= 11 is 1.76. The number of aromatic carboxylic acids is 1. The maximum Gasteiger partial charge on any atom is 0.347 e. The van der Waals surface area contributed by atoms with E-state index < -0.39 is 16.8 Å². The molecule has 1 amide bonds. The molecule has 2 aromatic rings. The number of aromatic nitrogens is 1. The number of rotatable bonds is 5. The van der Waals surface area contributed by atoms with Gasteiger partial charge in [0.25, 0.3) is 5.91 Å². The maximum atomic E-state index is 11.8.